The van der Waals surface area contributed by atoms with E-state index in [9.17, 15) is 0 Å². The quantitative estimate of drug-likeness (QED) is 0.847. The third-order valence-corrected chi connectivity index (χ3v) is 3.87. The highest BCUT2D eigenvalue weighted by Crippen LogP contribution is 2.23. The van der Waals surface area contributed by atoms with E-state index in [2.05, 4.69) is 35.5 Å². The highest BCUT2D eigenvalue weighted by molar-refractivity contribution is 6.30. The number of aromatic nitrogens is 2. The molecule has 1 atom stereocenters. The molecule has 0 fully saturated rings. The molecular formula is C16H22ClN3. The smallest absolute Gasteiger partial charge is 0.0492 e. The molecular weight excluding hydrogens is 270 g/mol. The second-order valence-corrected chi connectivity index (χ2v) is 5.48. The normalized spacial score (nSPS) is 12.6. The molecule has 0 aliphatic rings. The molecule has 0 aliphatic carbocycles. The zero-order valence-corrected chi connectivity index (χ0v) is 12.9. The number of hydrogen-bond donors (Lipinski definition) is 1. The topological polar surface area (TPSA) is 29.9 Å². The fourth-order valence-corrected chi connectivity index (χ4v) is 2.63. The Labute approximate surface area is 126 Å². The average Bonchev–Trinajstić information content (AvgIpc) is 2.84. The molecule has 0 amide bonds. The molecule has 1 aromatic carbocycles. The summed E-state index contributed by atoms with van der Waals surface area (Å²) in [5.41, 5.74) is 2.58. The first-order valence-electron chi connectivity index (χ1n) is 7.13. The molecule has 0 aliphatic heterocycles. The van der Waals surface area contributed by atoms with Gasteiger partial charge in [0.15, 0.2) is 0 Å². The maximum absolute atomic E-state index is 6.11. The maximum atomic E-state index is 6.11. The average molecular weight is 292 g/mol. The first-order valence-corrected chi connectivity index (χ1v) is 7.51. The Kier molecular flexibility index (Phi) is 5.62. The van der Waals surface area contributed by atoms with Crippen molar-refractivity contribution in [3.8, 4) is 0 Å². The molecule has 1 unspecified atom stereocenters. The number of rotatable bonds is 7. The van der Waals surface area contributed by atoms with Crippen LogP contribution in [0.2, 0.25) is 5.02 Å². The summed E-state index contributed by atoms with van der Waals surface area (Å²) in [4.78, 5) is 0. The van der Waals surface area contributed by atoms with Gasteiger partial charge in [-0.15, -0.1) is 0 Å². The molecule has 4 heteroatoms. The van der Waals surface area contributed by atoms with Gasteiger partial charge in [-0.25, -0.2) is 0 Å². The van der Waals surface area contributed by atoms with E-state index in [0.29, 0.717) is 5.92 Å². The summed E-state index contributed by atoms with van der Waals surface area (Å²) in [5, 5.41) is 8.48. The minimum atomic E-state index is 0.476. The summed E-state index contributed by atoms with van der Waals surface area (Å²) in [5.74, 6) is 0.476. The Morgan fingerprint density at radius 3 is 2.85 bits per heavy atom. The molecule has 20 heavy (non-hydrogen) atoms. The lowest BCUT2D eigenvalue weighted by atomic mass is 9.93. The number of benzene rings is 1. The van der Waals surface area contributed by atoms with Crippen molar-refractivity contribution >= 4 is 11.6 Å². The molecule has 0 saturated heterocycles. The number of hydrogen-bond acceptors (Lipinski definition) is 2. The van der Waals surface area contributed by atoms with Crippen molar-refractivity contribution < 1.29 is 0 Å². The van der Waals surface area contributed by atoms with Crippen molar-refractivity contribution in [3.63, 3.8) is 0 Å². The zero-order valence-electron chi connectivity index (χ0n) is 12.1. The van der Waals surface area contributed by atoms with E-state index in [1.54, 1.807) is 0 Å². The Morgan fingerprint density at radius 2 is 2.20 bits per heavy atom. The highest BCUT2D eigenvalue weighted by atomic mass is 35.5. The Bertz CT molecular complexity index is 536. The highest BCUT2D eigenvalue weighted by Gasteiger charge is 2.12. The molecule has 2 aromatic rings. The summed E-state index contributed by atoms with van der Waals surface area (Å²) >= 11 is 6.11. The third-order valence-electron chi connectivity index (χ3n) is 3.63. The second kappa shape index (κ2) is 7.46. The summed E-state index contributed by atoms with van der Waals surface area (Å²) in [6.45, 7) is 4.10. The van der Waals surface area contributed by atoms with Gasteiger partial charge in [0.25, 0.3) is 0 Å². The predicted octanol–water partition coefficient (Wildman–Crippen LogP) is 3.40. The molecule has 0 bridgehead atoms. The Morgan fingerprint density at radius 1 is 1.35 bits per heavy atom. The molecule has 1 N–H and O–H groups in total. The van der Waals surface area contributed by atoms with Gasteiger partial charge >= 0.3 is 0 Å². The molecule has 1 aromatic heterocycles. The minimum absolute atomic E-state index is 0.476. The van der Waals surface area contributed by atoms with Crippen LogP contribution in [0.3, 0.4) is 0 Å². The van der Waals surface area contributed by atoms with Crippen LogP contribution in [0.25, 0.3) is 0 Å². The van der Waals surface area contributed by atoms with Gasteiger partial charge in [0, 0.05) is 30.5 Å². The van der Waals surface area contributed by atoms with Crippen LogP contribution in [0, 0.1) is 0 Å². The summed E-state index contributed by atoms with van der Waals surface area (Å²) < 4.78 is 1.95. The van der Waals surface area contributed by atoms with Gasteiger partial charge in [0.2, 0.25) is 0 Å². The van der Waals surface area contributed by atoms with Crippen LogP contribution in [0.4, 0.5) is 0 Å². The van der Waals surface area contributed by atoms with Crippen LogP contribution < -0.4 is 5.32 Å². The summed E-state index contributed by atoms with van der Waals surface area (Å²) in [6, 6.07) is 10.3. The van der Waals surface area contributed by atoms with Gasteiger partial charge in [0.1, 0.15) is 0 Å². The van der Waals surface area contributed by atoms with Crippen LogP contribution in [0.1, 0.15) is 30.5 Å². The van der Waals surface area contributed by atoms with Crippen molar-refractivity contribution in [2.24, 2.45) is 7.05 Å². The number of nitrogens with one attached hydrogen (secondary N) is 1. The maximum Gasteiger partial charge on any atom is 0.0492 e. The molecule has 0 saturated carbocycles. The number of aryl methyl sites for hydroxylation is 2. The van der Waals surface area contributed by atoms with Gasteiger partial charge in [-0.05, 0) is 49.1 Å². The third kappa shape index (κ3) is 4.09. The second-order valence-electron chi connectivity index (χ2n) is 5.04. The van der Waals surface area contributed by atoms with Crippen molar-refractivity contribution in [3.05, 3.63) is 52.8 Å². The van der Waals surface area contributed by atoms with E-state index in [1.165, 1.54) is 11.3 Å². The monoisotopic (exact) mass is 291 g/mol. The summed E-state index contributed by atoms with van der Waals surface area (Å²) in [6.07, 6.45) is 3.97. The first-order chi connectivity index (χ1) is 9.70. The van der Waals surface area contributed by atoms with Crippen LogP contribution in [0.5, 0.6) is 0 Å². The first kappa shape index (κ1) is 15.1. The van der Waals surface area contributed by atoms with Crippen LogP contribution in [-0.4, -0.2) is 22.9 Å². The van der Waals surface area contributed by atoms with Crippen LogP contribution >= 0.6 is 11.6 Å². The van der Waals surface area contributed by atoms with Gasteiger partial charge in [0.05, 0.1) is 0 Å². The van der Waals surface area contributed by atoms with E-state index in [-0.39, 0.29) is 0 Å². The largest absolute Gasteiger partial charge is 0.316 e. The van der Waals surface area contributed by atoms with Gasteiger partial charge in [-0.3, -0.25) is 4.68 Å². The molecule has 1 heterocycles. The molecule has 0 radical (unpaired) electrons. The van der Waals surface area contributed by atoms with E-state index >= 15 is 0 Å². The van der Waals surface area contributed by atoms with E-state index in [0.717, 1.165) is 31.0 Å². The Balaban J connectivity index is 2.05. The lowest BCUT2D eigenvalue weighted by Crippen LogP contribution is -2.22. The van der Waals surface area contributed by atoms with E-state index < -0.39 is 0 Å². The van der Waals surface area contributed by atoms with Crippen molar-refractivity contribution in [2.45, 2.75) is 25.7 Å². The fourth-order valence-electron chi connectivity index (χ4n) is 2.43. The molecule has 3 nitrogen and oxygen atoms in total. The molecule has 0 spiro atoms. The Hall–Kier alpha value is -1.32. The lowest BCUT2D eigenvalue weighted by Gasteiger charge is -2.18. The van der Waals surface area contributed by atoms with Gasteiger partial charge in [-0.1, -0.05) is 30.7 Å². The zero-order chi connectivity index (χ0) is 14.4. The van der Waals surface area contributed by atoms with Gasteiger partial charge in [-0.2, -0.15) is 5.10 Å². The number of halogens is 1. The van der Waals surface area contributed by atoms with Crippen molar-refractivity contribution in [1.82, 2.24) is 15.1 Å². The van der Waals surface area contributed by atoms with E-state index in [4.69, 9.17) is 11.6 Å². The minimum Gasteiger partial charge on any atom is -0.316 e. The lowest BCUT2D eigenvalue weighted by molar-refractivity contribution is 0.549. The summed E-state index contributed by atoms with van der Waals surface area (Å²) in [7, 11) is 1.99. The van der Waals surface area contributed by atoms with Crippen molar-refractivity contribution in [2.75, 3.05) is 13.1 Å². The van der Waals surface area contributed by atoms with Crippen molar-refractivity contribution in [1.29, 1.82) is 0 Å². The standard InChI is InChI=1S/C16H22ClN3/c1-3-18-12-14(13-5-4-6-15(17)11-13)7-8-16-9-10-19-20(16)2/h4-6,9-11,14,18H,3,7-8,12H2,1-2H3. The predicted molar refractivity (Wildman–Crippen MR) is 84.3 cm³/mol. The number of nitrogens with zero attached hydrogens (tertiary/aromatic N) is 2. The van der Waals surface area contributed by atoms with E-state index in [1.807, 2.05) is 30.1 Å². The fraction of sp³-hybridized carbons (Fsp3) is 0.438. The van der Waals surface area contributed by atoms with Crippen LogP contribution in [-0.2, 0) is 13.5 Å². The van der Waals surface area contributed by atoms with Crippen LogP contribution in [0.15, 0.2) is 36.5 Å². The SMILES string of the molecule is CCNCC(CCc1ccnn1C)c1cccc(Cl)c1. The van der Waals surface area contributed by atoms with Gasteiger partial charge < -0.3 is 5.32 Å². The molecule has 108 valence electrons. The molecule has 2 rings (SSSR count). The number of likely N-dealkylation sites (N-methyl/N-ethyl adjacent to an activating group) is 1.